The van der Waals surface area contributed by atoms with E-state index in [-0.39, 0.29) is 34.7 Å². The molecule has 4 nitrogen and oxygen atoms in total. The Kier molecular flexibility index (Phi) is 4.26. The predicted molar refractivity (Wildman–Crippen MR) is 102 cm³/mol. The molecule has 0 spiro atoms. The van der Waals surface area contributed by atoms with Crippen LogP contribution in [0.4, 0.5) is 0 Å². The van der Waals surface area contributed by atoms with Crippen LogP contribution >= 0.6 is 23.2 Å². The van der Waals surface area contributed by atoms with Crippen molar-refractivity contribution in [2.75, 3.05) is 13.1 Å². The third-order valence-electron chi connectivity index (χ3n) is 6.10. The van der Waals surface area contributed by atoms with Crippen LogP contribution < -0.4 is 0 Å². The smallest absolute Gasteiger partial charge is 0.200 e. The Morgan fingerprint density at radius 2 is 2.04 bits per heavy atom. The van der Waals surface area contributed by atoms with Gasteiger partial charge < -0.3 is 9.47 Å². The third kappa shape index (κ3) is 2.91. The van der Waals surface area contributed by atoms with E-state index >= 15 is 0 Å². The number of likely N-dealkylation sites (tertiary alicyclic amines) is 1. The second-order valence-electron chi connectivity index (χ2n) is 8.87. The summed E-state index contributed by atoms with van der Waals surface area (Å²) in [5, 5.41) is 1.10. The van der Waals surface area contributed by atoms with E-state index in [1.54, 1.807) is 6.92 Å². The first kappa shape index (κ1) is 18.7. The molecule has 0 radical (unpaired) electrons. The van der Waals surface area contributed by atoms with E-state index in [2.05, 4.69) is 4.90 Å². The van der Waals surface area contributed by atoms with Gasteiger partial charge in [-0.1, -0.05) is 29.3 Å². The van der Waals surface area contributed by atoms with Crippen molar-refractivity contribution in [3.05, 3.63) is 33.8 Å². The van der Waals surface area contributed by atoms with Crippen LogP contribution in [-0.2, 0) is 19.7 Å². The van der Waals surface area contributed by atoms with Crippen LogP contribution in [0.15, 0.2) is 18.2 Å². The van der Waals surface area contributed by atoms with Crippen LogP contribution in [0.2, 0.25) is 10.0 Å². The van der Waals surface area contributed by atoms with E-state index in [4.69, 9.17) is 32.7 Å². The fourth-order valence-corrected chi connectivity index (χ4v) is 4.96. The number of hydrogen-bond acceptors (Lipinski definition) is 4. The largest absolute Gasteiger partial charge is 0.343 e. The number of piperidine rings is 1. The first-order valence-corrected chi connectivity index (χ1v) is 9.88. The van der Waals surface area contributed by atoms with Crippen molar-refractivity contribution in [3.8, 4) is 0 Å². The summed E-state index contributed by atoms with van der Waals surface area (Å²) in [6, 6.07) is 5.79. The minimum absolute atomic E-state index is 0.0437. The highest BCUT2D eigenvalue weighted by atomic mass is 35.5. The zero-order chi connectivity index (χ0) is 18.9. The molecule has 2 heterocycles. The third-order valence-corrected chi connectivity index (χ3v) is 6.84. The van der Waals surface area contributed by atoms with Crippen molar-refractivity contribution < 1.29 is 14.3 Å². The molecule has 4 rings (SSSR count). The van der Waals surface area contributed by atoms with Crippen molar-refractivity contribution >= 4 is 29.0 Å². The lowest BCUT2D eigenvalue weighted by atomic mass is 9.78. The molecule has 1 aromatic rings. The lowest BCUT2D eigenvalue weighted by molar-refractivity contribution is -0.125. The molecule has 0 N–H and O–H groups in total. The van der Waals surface area contributed by atoms with Crippen molar-refractivity contribution in [1.82, 2.24) is 4.90 Å². The average Bonchev–Trinajstić information content (AvgIpc) is 3.41. The van der Waals surface area contributed by atoms with E-state index in [1.165, 1.54) is 0 Å². The van der Waals surface area contributed by atoms with Crippen LogP contribution in [0.1, 0.15) is 46.1 Å². The van der Waals surface area contributed by atoms with Gasteiger partial charge in [-0.3, -0.25) is 9.69 Å². The number of ketones is 1. The highest BCUT2D eigenvalue weighted by Gasteiger charge is 2.73. The van der Waals surface area contributed by atoms with Crippen LogP contribution in [0.5, 0.6) is 0 Å². The molecule has 1 saturated carbocycles. The fraction of sp³-hybridized carbons (Fsp3) is 0.650. The summed E-state index contributed by atoms with van der Waals surface area (Å²) < 4.78 is 11.7. The number of halogens is 2. The number of rotatable bonds is 4. The van der Waals surface area contributed by atoms with Crippen LogP contribution in [0, 0.1) is 5.41 Å². The van der Waals surface area contributed by atoms with Crippen molar-refractivity contribution in [2.45, 2.75) is 64.1 Å². The highest BCUT2D eigenvalue weighted by Crippen LogP contribution is 2.70. The highest BCUT2D eigenvalue weighted by molar-refractivity contribution is 6.42. The van der Waals surface area contributed by atoms with Crippen LogP contribution in [-0.4, -0.2) is 41.9 Å². The molecule has 1 aliphatic carbocycles. The van der Waals surface area contributed by atoms with Crippen LogP contribution in [0.25, 0.3) is 0 Å². The quantitative estimate of drug-likeness (QED) is 0.705. The van der Waals surface area contributed by atoms with Crippen molar-refractivity contribution in [3.63, 3.8) is 0 Å². The van der Waals surface area contributed by atoms with Gasteiger partial charge in [0.2, 0.25) is 0 Å². The molecule has 2 saturated heterocycles. The number of nitrogens with zero attached hydrogens (tertiary/aromatic N) is 1. The molecule has 1 aromatic carbocycles. The molecule has 0 aromatic heterocycles. The van der Waals surface area contributed by atoms with Gasteiger partial charge in [0.15, 0.2) is 12.5 Å². The first-order valence-electron chi connectivity index (χ1n) is 9.12. The molecule has 6 heteroatoms. The van der Waals surface area contributed by atoms with Gasteiger partial charge in [-0.25, -0.2) is 0 Å². The maximum Gasteiger partial charge on any atom is 0.200 e. The molecule has 26 heavy (non-hydrogen) atoms. The zero-order valence-electron chi connectivity index (χ0n) is 15.6. The lowest BCUT2D eigenvalue weighted by Gasteiger charge is -2.36. The second-order valence-corrected chi connectivity index (χ2v) is 9.69. The predicted octanol–water partition coefficient (Wildman–Crippen LogP) is 4.41. The molecule has 4 unspecified atom stereocenters. The number of ether oxygens (including phenoxy) is 2. The Bertz CT molecular complexity index is 762. The maximum absolute atomic E-state index is 12.6. The Morgan fingerprint density at radius 3 is 2.65 bits per heavy atom. The number of carbonyl (C=O) groups excluding carboxylic acids is 1. The Morgan fingerprint density at radius 1 is 1.31 bits per heavy atom. The number of hydrogen-bond donors (Lipinski definition) is 0. The summed E-state index contributed by atoms with van der Waals surface area (Å²) in [4.78, 5) is 14.9. The molecule has 3 fully saturated rings. The summed E-state index contributed by atoms with van der Waals surface area (Å²) in [6.07, 6.45) is 1.53. The Hall–Kier alpha value is -0.650. The summed E-state index contributed by atoms with van der Waals surface area (Å²) in [6.45, 7) is 9.36. The monoisotopic (exact) mass is 397 g/mol. The fourth-order valence-electron chi connectivity index (χ4n) is 4.66. The number of fused-ring (bicyclic) bond motifs is 1. The van der Waals surface area contributed by atoms with Gasteiger partial charge in [-0.15, -0.1) is 0 Å². The van der Waals surface area contributed by atoms with Crippen molar-refractivity contribution in [1.29, 1.82) is 0 Å². The van der Waals surface area contributed by atoms with Gasteiger partial charge in [0.25, 0.3) is 0 Å². The maximum atomic E-state index is 12.6. The van der Waals surface area contributed by atoms with E-state index in [1.807, 2.05) is 39.0 Å². The summed E-state index contributed by atoms with van der Waals surface area (Å²) in [5.74, 6) is 0.238. The van der Waals surface area contributed by atoms with Crippen LogP contribution in [0.3, 0.4) is 0 Å². The minimum atomic E-state index is -0.360. The van der Waals surface area contributed by atoms with Gasteiger partial charge in [-0.05, 0) is 58.2 Å². The topological polar surface area (TPSA) is 42.1 Å². The second kappa shape index (κ2) is 5.92. The molecular formula is C20H25Cl2NO3. The zero-order valence-corrected chi connectivity index (χ0v) is 17.2. The van der Waals surface area contributed by atoms with Gasteiger partial charge in [0.05, 0.1) is 21.1 Å². The summed E-state index contributed by atoms with van der Waals surface area (Å²) >= 11 is 12.3. The van der Waals surface area contributed by atoms with E-state index in [0.717, 1.165) is 24.9 Å². The van der Waals surface area contributed by atoms with Gasteiger partial charge in [0.1, 0.15) is 5.78 Å². The number of carbonyl (C=O) groups is 1. The number of epoxide rings is 1. The van der Waals surface area contributed by atoms with Crippen molar-refractivity contribution in [2.24, 2.45) is 5.41 Å². The minimum Gasteiger partial charge on any atom is -0.343 e. The standard InChI is InChI=1S/C20H25Cl2NO3/c1-12(24)20-10-19(20,13-5-6-14(21)15(22)9-13)7-8-23(11-20)16-17(25-16)26-18(2,3)4/h5-6,9,16-17H,7-8,10-11H2,1-4H3. The molecule has 4 atom stereocenters. The molecular weight excluding hydrogens is 373 g/mol. The van der Waals surface area contributed by atoms with Gasteiger partial charge in [-0.2, -0.15) is 0 Å². The van der Waals surface area contributed by atoms with Gasteiger partial charge >= 0.3 is 0 Å². The molecule has 142 valence electrons. The first-order chi connectivity index (χ1) is 12.1. The van der Waals surface area contributed by atoms with Gasteiger partial charge in [0, 0.05) is 18.5 Å². The summed E-state index contributed by atoms with van der Waals surface area (Å²) in [5.41, 5.74) is 0.400. The molecule has 3 aliphatic rings. The normalized spacial score (nSPS) is 36.5. The molecule has 0 bridgehead atoms. The number of benzene rings is 1. The van der Waals surface area contributed by atoms with E-state index in [0.29, 0.717) is 16.6 Å². The van der Waals surface area contributed by atoms with E-state index in [9.17, 15) is 4.79 Å². The number of Topliss-reactive ketones (excluding diaryl/α,β-unsaturated/α-hetero) is 1. The Labute approximate surface area is 164 Å². The van der Waals surface area contributed by atoms with E-state index < -0.39 is 0 Å². The average molecular weight is 398 g/mol. The molecule has 2 aliphatic heterocycles. The SMILES string of the molecule is CC(=O)C12CN(C3OC3OC(C)(C)C)CCC1(c1ccc(Cl)c(Cl)c1)C2. The molecule has 0 amide bonds. The Balaban J connectivity index is 1.54. The summed E-state index contributed by atoms with van der Waals surface area (Å²) in [7, 11) is 0. The lowest BCUT2D eigenvalue weighted by Crippen LogP contribution is -2.47.